The second-order valence-corrected chi connectivity index (χ2v) is 6.81. The van der Waals surface area contributed by atoms with Crippen LogP contribution < -0.4 is 10.6 Å². The maximum Gasteiger partial charge on any atom is 0.321 e. The van der Waals surface area contributed by atoms with Crippen molar-refractivity contribution in [2.45, 2.75) is 26.2 Å². The number of aromatic nitrogens is 1. The highest BCUT2D eigenvalue weighted by Crippen LogP contribution is 2.24. The number of hydrogen-bond acceptors (Lipinski definition) is 4. The molecule has 2 rings (SSSR count). The summed E-state index contributed by atoms with van der Waals surface area (Å²) in [6, 6.07) is 5.37. The molecule has 1 aromatic heterocycles. The minimum absolute atomic E-state index is 0.0299. The summed E-state index contributed by atoms with van der Waals surface area (Å²) in [5.41, 5.74) is 2.27. The van der Waals surface area contributed by atoms with Crippen LogP contribution in [-0.4, -0.2) is 28.6 Å². The van der Waals surface area contributed by atoms with Crippen LogP contribution in [0.5, 0.6) is 0 Å². The number of urea groups is 1. The Hall–Kier alpha value is -2.12. The smallest absolute Gasteiger partial charge is 0.321 e. The van der Waals surface area contributed by atoms with E-state index in [-0.39, 0.29) is 12.5 Å². The van der Waals surface area contributed by atoms with E-state index in [2.05, 4.69) is 15.6 Å². The summed E-state index contributed by atoms with van der Waals surface area (Å²) in [6.07, 6.45) is 2.88. The van der Waals surface area contributed by atoms with E-state index < -0.39 is 5.97 Å². The minimum atomic E-state index is -0.876. The number of hydrogen-bond donors (Lipinski definition) is 3. The van der Waals surface area contributed by atoms with Crippen LogP contribution in [0, 0.1) is 6.92 Å². The molecule has 6 nitrogen and oxygen atoms in total. The molecule has 0 radical (unpaired) electrons. The minimum Gasteiger partial charge on any atom is -0.481 e. The van der Waals surface area contributed by atoms with Crippen LogP contribution in [0.2, 0.25) is 5.02 Å². The van der Waals surface area contributed by atoms with Gasteiger partial charge in [-0.25, -0.2) is 9.78 Å². The predicted octanol–water partition coefficient (Wildman–Crippen LogP) is 3.68. The zero-order chi connectivity index (χ0) is 17.5. The lowest BCUT2D eigenvalue weighted by Crippen LogP contribution is -2.29. The monoisotopic (exact) mass is 367 g/mol. The van der Waals surface area contributed by atoms with Crippen LogP contribution in [0.4, 0.5) is 9.93 Å². The largest absolute Gasteiger partial charge is 0.481 e. The van der Waals surface area contributed by atoms with E-state index in [1.165, 1.54) is 11.3 Å². The van der Waals surface area contributed by atoms with Crippen molar-refractivity contribution in [3.8, 4) is 0 Å². The number of amides is 2. The molecule has 0 saturated heterocycles. The van der Waals surface area contributed by atoms with Crippen LogP contribution in [-0.2, 0) is 11.2 Å². The summed E-state index contributed by atoms with van der Waals surface area (Å²) >= 11 is 7.36. The van der Waals surface area contributed by atoms with E-state index in [1.807, 2.05) is 25.1 Å². The Kier molecular flexibility index (Phi) is 6.57. The first kappa shape index (κ1) is 18.2. The number of aliphatic carboxylic acids is 1. The number of aryl methyl sites for hydroxylation is 1. The van der Waals surface area contributed by atoms with Gasteiger partial charge in [-0.1, -0.05) is 17.7 Å². The van der Waals surface area contributed by atoms with Crippen molar-refractivity contribution in [3.05, 3.63) is 45.4 Å². The molecule has 0 aliphatic carbocycles. The van der Waals surface area contributed by atoms with Gasteiger partial charge in [-0.2, -0.15) is 0 Å². The van der Waals surface area contributed by atoms with Crippen molar-refractivity contribution in [1.82, 2.24) is 10.3 Å². The molecule has 1 aromatic carbocycles. The number of nitrogens with one attached hydrogen (secondary N) is 2. The molecular weight excluding hydrogens is 350 g/mol. The number of rotatable bonds is 7. The molecule has 2 amide bonds. The molecule has 0 aliphatic rings. The van der Waals surface area contributed by atoms with E-state index in [1.54, 1.807) is 6.20 Å². The normalized spacial score (nSPS) is 10.4. The van der Waals surface area contributed by atoms with Crippen LogP contribution in [0.3, 0.4) is 0 Å². The molecule has 8 heteroatoms. The van der Waals surface area contributed by atoms with Crippen LogP contribution in [0.15, 0.2) is 24.4 Å². The summed E-state index contributed by atoms with van der Waals surface area (Å²) < 4.78 is 0. The summed E-state index contributed by atoms with van der Waals surface area (Å²) in [4.78, 5) is 27.3. The third kappa shape index (κ3) is 5.82. The summed E-state index contributed by atoms with van der Waals surface area (Å²) in [6.45, 7) is 2.31. The lowest BCUT2D eigenvalue weighted by Gasteiger charge is -2.05. The molecule has 0 fully saturated rings. The zero-order valence-corrected chi connectivity index (χ0v) is 14.7. The van der Waals surface area contributed by atoms with Crippen molar-refractivity contribution in [3.63, 3.8) is 0 Å². The average molecular weight is 368 g/mol. The molecule has 0 atom stereocenters. The molecule has 1 heterocycles. The van der Waals surface area contributed by atoms with Gasteiger partial charge < -0.3 is 10.4 Å². The molecule has 128 valence electrons. The van der Waals surface area contributed by atoms with E-state index in [0.29, 0.717) is 23.1 Å². The van der Waals surface area contributed by atoms with Gasteiger partial charge >= 0.3 is 12.0 Å². The van der Waals surface area contributed by atoms with Crippen molar-refractivity contribution in [2.24, 2.45) is 0 Å². The lowest BCUT2D eigenvalue weighted by molar-refractivity contribution is -0.137. The van der Waals surface area contributed by atoms with Gasteiger partial charge in [-0.3, -0.25) is 10.1 Å². The maximum atomic E-state index is 11.7. The number of carboxylic acid groups (broad SMARTS) is 1. The third-order valence-corrected chi connectivity index (χ3v) is 4.44. The van der Waals surface area contributed by atoms with Crippen molar-refractivity contribution in [1.29, 1.82) is 0 Å². The van der Waals surface area contributed by atoms with Crippen LogP contribution in [0.25, 0.3) is 0 Å². The second-order valence-electron chi connectivity index (χ2n) is 5.26. The summed E-state index contributed by atoms with van der Waals surface area (Å²) in [7, 11) is 0. The summed E-state index contributed by atoms with van der Waals surface area (Å²) in [5.74, 6) is -0.876. The SMILES string of the molecule is Cc1cc(Cl)ccc1Cc1cnc(NC(=O)NCCCC(=O)O)s1. The Morgan fingerprint density at radius 3 is 2.88 bits per heavy atom. The molecule has 2 aromatic rings. The molecule has 0 unspecified atom stereocenters. The fraction of sp³-hybridized carbons (Fsp3) is 0.312. The van der Waals surface area contributed by atoms with E-state index in [4.69, 9.17) is 16.7 Å². The Labute approximate surface area is 148 Å². The predicted molar refractivity (Wildman–Crippen MR) is 95.0 cm³/mol. The first-order valence-corrected chi connectivity index (χ1v) is 8.60. The van der Waals surface area contributed by atoms with Gasteiger partial charge in [0, 0.05) is 35.5 Å². The molecular formula is C16H18ClN3O3S. The molecule has 3 N–H and O–H groups in total. The van der Waals surface area contributed by atoms with Crippen molar-refractivity contribution in [2.75, 3.05) is 11.9 Å². The first-order chi connectivity index (χ1) is 11.4. The summed E-state index contributed by atoms with van der Waals surface area (Å²) in [5, 5.41) is 15.0. The fourth-order valence-electron chi connectivity index (χ4n) is 2.08. The molecule has 0 spiro atoms. The number of benzene rings is 1. The number of carboxylic acids is 1. The third-order valence-electron chi connectivity index (χ3n) is 3.30. The average Bonchev–Trinajstić information content (AvgIpc) is 2.93. The second kappa shape index (κ2) is 8.65. The number of carbonyl (C=O) groups is 2. The highest BCUT2D eigenvalue weighted by molar-refractivity contribution is 7.15. The van der Waals surface area contributed by atoms with E-state index in [9.17, 15) is 9.59 Å². The van der Waals surface area contributed by atoms with Crippen LogP contribution >= 0.6 is 22.9 Å². The fourth-order valence-corrected chi connectivity index (χ4v) is 3.13. The Morgan fingerprint density at radius 2 is 2.17 bits per heavy atom. The molecule has 0 aliphatic heterocycles. The Balaban J connectivity index is 1.84. The number of anilines is 1. The van der Waals surface area contributed by atoms with Crippen molar-refractivity contribution >= 4 is 40.1 Å². The van der Waals surface area contributed by atoms with Gasteiger partial charge in [-0.05, 0) is 36.6 Å². The highest BCUT2D eigenvalue weighted by Gasteiger charge is 2.08. The number of thiazole rings is 1. The Morgan fingerprint density at radius 1 is 1.38 bits per heavy atom. The van der Waals surface area contributed by atoms with Crippen molar-refractivity contribution < 1.29 is 14.7 Å². The highest BCUT2D eigenvalue weighted by atomic mass is 35.5. The maximum absolute atomic E-state index is 11.7. The lowest BCUT2D eigenvalue weighted by atomic mass is 10.1. The van der Waals surface area contributed by atoms with Gasteiger partial charge in [0.2, 0.25) is 0 Å². The van der Waals surface area contributed by atoms with E-state index >= 15 is 0 Å². The number of nitrogens with zero attached hydrogens (tertiary/aromatic N) is 1. The zero-order valence-electron chi connectivity index (χ0n) is 13.1. The first-order valence-electron chi connectivity index (χ1n) is 7.40. The van der Waals surface area contributed by atoms with Gasteiger partial charge in [0.15, 0.2) is 5.13 Å². The van der Waals surface area contributed by atoms with E-state index in [0.717, 1.165) is 22.4 Å². The standard InChI is InChI=1S/C16H18ClN3O3S/c1-10-7-12(17)5-4-11(10)8-13-9-19-16(24-13)20-15(23)18-6-2-3-14(21)22/h4-5,7,9H,2-3,6,8H2,1H3,(H,21,22)(H2,18,19,20,23). The molecule has 24 heavy (non-hydrogen) atoms. The quantitative estimate of drug-likeness (QED) is 0.651. The van der Waals surface area contributed by atoms with Gasteiger partial charge in [0.05, 0.1) is 0 Å². The molecule has 0 bridgehead atoms. The number of carbonyl (C=O) groups excluding carboxylic acids is 1. The van der Waals surface area contributed by atoms with Gasteiger partial charge in [0.25, 0.3) is 0 Å². The topological polar surface area (TPSA) is 91.3 Å². The molecule has 0 saturated carbocycles. The Bertz CT molecular complexity index is 733. The van der Waals surface area contributed by atoms with Gasteiger partial charge in [0.1, 0.15) is 0 Å². The number of halogens is 1. The van der Waals surface area contributed by atoms with Gasteiger partial charge in [-0.15, -0.1) is 11.3 Å². The van der Waals surface area contributed by atoms with Crippen LogP contribution in [0.1, 0.15) is 28.8 Å².